The third-order valence-corrected chi connectivity index (χ3v) is 0. The third kappa shape index (κ3) is 9.74. The predicted molar refractivity (Wildman–Crippen MR) is 12.0 cm³/mol. The van der Waals surface area contributed by atoms with Crippen LogP contribution < -0.4 is 5.11 Å². The zero-order chi connectivity index (χ0) is 2.71. The van der Waals surface area contributed by atoms with Crippen LogP contribution in [0.4, 0.5) is 0 Å². The average Bonchev–Trinajstić information content (AvgIpc) is 0.918. The standard InChI is InChI=1S/CH2O2.Ba/c2-1-3;/h1-2H;/q-2;+2. The Hall–Kier alpha value is 1.49. The molecule has 0 fully saturated rings. The fourth-order valence-corrected chi connectivity index (χ4v) is 0. The molecule has 0 heterocycles. The van der Waals surface area contributed by atoms with Gasteiger partial charge in [0.2, 0.25) is 0 Å². The largest absolute Gasteiger partial charge is 2.00 e. The van der Waals surface area contributed by atoms with Crippen LogP contribution in [-0.4, -0.2) is 54.0 Å². The maximum Gasteiger partial charge on any atom is 2.00 e. The van der Waals surface area contributed by atoms with Gasteiger partial charge in [-0.2, -0.15) is 0 Å². The van der Waals surface area contributed by atoms with E-state index >= 15 is 0 Å². The van der Waals surface area contributed by atoms with Crippen LogP contribution >= 0.6 is 0 Å². The van der Waals surface area contributed by atoms with Crippen molar-refractivity contribution in [2.75, 3.05) is 0 Å². The minimum atomic E-state index is -0.250. The summed E-state index contributed by atoms with van der Waals surface area (Å²) in [6.07, 6.45) is 0. The van der Waals surface area contributed by atoms with E-state index in [0.29, 0.717) is 0 Å². The summed E-state index contributed by atoms with van der Waals surface area (Å²) in [4.78, 5) is 0. The van der Waals surface area contributed by atoms with Crippen LogP contribution in [0.25, 0.3) is 0 Å². The van der Waals surface area contributed by atoms with Gasteiger partial charge in [0.25, 0.3) is 0 Å². The van der Waals surface area contributed by atoms with Crippen LogP contribution in [-0.2, 0) is 0 Å². The van der Waals surface area contributed by atoms with Gasteiger partial charge in [-0.1, -0.05) is 0 Å². The summed E-state index contributed by atoms with van der Waals surface area (Å²) in [5.41, 5.74) is 0. The van der Waals surface area contributed by atoms with E-state index in [-0.39, 0.29) is 55.7 Å². The first-order valence-electron chi connectivity index (χ1n) is 0.494. The maximum absolute atomic E-state index is 8.36. The van der Waals surface area contributed by atoms with Gasteiger partial charge in [-0.3, -0.25) is 0 Å². The molecule has 0 bridgehead atoms. The Kier molecular flexibility index (Phi) is 20.0. The normalized spacial score (nSPS) is 4.50. The van der Waals surface area contributed by atoms with Crippen molar-refractivity contribution in [3.8, 4) is 0 Å². The van der Waals surface area contributed by atoms with Crippen molar-refractivity contribution in [3.05, 3.63) is 6.79 Å². The molecule has 0 aliphatic carbocycles. The van der Waals surface area contributed by atoms with Crippen molar-refractivity contribution in [1.82, 2.24) is 0 Å². The van der Waals surface area contributed by atoms with Gasteiger partial charge in [0.15, 0.2) is 0 Å². The van der Waals surface area contributed by atoms with Gasteiger partial charge < -0.3 is 17.0 Å². The van der Waals surface area contributed by atoms with Crippen molar-refractivity contribution in [3.63, 3.8) is 0 Å². The molecule has 4 heavy (non-hydrogen) atoms. The second-order valence-corrected chi connectivity index (χ2v) is 0.105. The Morgan fingerprint density at radius 1 is 1.75 bits per heavy atom. The van der Waals surface area contributed by atoms with E-state index in [4.69, 9.17) is 10.2 Å². The fourth-order valence-electron chi connectivity index (χ4n) is 0. The van der Waals surface area contributed by atoms with Crippen molar-refractivity contribution >= 4 is 48.9 Å². The van der Waals surface area contributed by atoms with Gasteiger partial charge >= 0.3 is 48.9 Å². The number of hydrogen-bond donors (Lipinski definition) is 1. The first-order chi connectivity index (χ1) is 1.41. The molecule has 0 saturated heterocycles. The monoisotopic (exact) mass is 184 g/mol. The van der Waals surface area contributed by atoms with Gasteiger partial charge in [0.05, 0.1) is 0 Å². The summed E-state index contributed by atoms with van der Waals surface area (Å²) in [7, 11) is 0. The summed E-state index contributed by atoms with van der Waals surface area (Å²) in [5.74, 6) is 0. The first-order valence-corrected chi connectivity index (χ1v) is 0.494. The second-order valence-electron chi connectivity index (χ2n) is 0.105. The van der Waals surface area contributed by atoms with Crippen molar-refractivity contribution in [1.29, 1.82) is 0 Å². The van der Waals surface area contributed by atoms with E-state index in [2.05, 4.69) is 0 Å². The molecular weight excluding hydrogens is 181 g/mol. The fraction of sp³-hybridized carbons (Fsp3) is 0. The van der Waals surface area contributed by atoms with Crippen molar-refractivity contribution in [2.45, 2.75) is 0 Å². The van der Waals surface area contributed by atoms with E-state index in [1.165, 1.54) is 0 Å². The quantitative estimate of drug-likeness (QED) is 0.365. The number of aliphatic hydroxyl groups is 1. The molecule has 0 unspecified atom stereocenters. The number of rotatable bonds is 0. The molecule has 0 aromatic rings. The minimum Gasteiger partial charge on any atom is -1.01 e. The molecule has 0 atom stereocenters. The Morgan fingerprint density at radius 3 is 1.75 bits per heavy atom. The van der Waals surface area contributed by atoms with Crippen LogP contribution in [0, 0.1) is 6.79 Å². The summed E-state index contributed by atoms with van der Waals surface area (Å²) >= 11 is 0. The van der Waals surface area contributed by atoms with E-state index in [1.54, 1.807) is 0 Å². The van der Waals surface area contributed by atoms with Crippen LogP contribution in [0.1, 0.15) is 0 Å². The summed E-state index contributed by atoms with van der Waals surface area (Å²) in [6, 6.07) is 0. The molecule has 2 nitrogen and oxygen atoms in total. The first kappa shape index (κ1) is 9.09. The summed E-state index contributed by atoms with van der Waals surface area (Å²) in [5, 5.41) is 15.2. The molecule has 1 N–H and O–H groups in total. The zero-order valence-electron chi connectivity index (χ0n) is 2.14. The molecule has 0 aromatic carbocycles. The topological polar surface area (TPSA) is 43.3 Å². The maximum atomic E-state index is 8.36. The van der Waals surface area contributed by atoms with Gasteiger partial charge in [-0.05, 0) is 0 Å². The van der Waals surface area contributed by atoms with E-state index in [0.717, 1.165) is 0 Å². The summed E-state index contributed by atoms with van der Waals surface area (Å²) < 4.78 is 0. The smallest absolute Gasteiger partial charge is 1.01 e. The second kappa shape index (κ2) is 8.82. The molecule has 3 heteroatoms. The van der Waals surface area contributed by atoms with Crippen LogP contribution in [0.3, 0.4) is 0 Å². The third-order valence-electron chi connectivity index (χ3n) is 0. The van der Waals surface area contributed by atoms with Crippen LogP contribution in [0.5, 0.6) is 0 Å². The van der Waals surface area contributed by atoms with Gasteiger partial charge in [0, 0.05) is 0 Å². The molecule has 0 saturated carbocycles. The molecule has 0 rings (SSSR count). The average molecular weight is 183 g/mol. The predicted octanol–water partition coefficient (Wildman–Crippen LogP) is -1.54. The van der Waals surface area contributed by atoms with E-state index < -0.39 is 0 Å². The molecule has 0 aliphatic heterocycles. The Balaban J connectivity index is 0. The minimum absolute atomic E-state index is 0. The number of aliphatic hydroxyl groups excluding tert-OH is 1. The van der Waals surface area contributed by atoms with Crippen molar-refractivity contribution < 1.29 is 10.2 Å². The molecule has 0 aliphatic rings. The molecule has 20 valence electrons. The van der Waals surface area contributed by atoms with E-state index in [9.17, 15) is 0 Å². The van der Waals surface area contributed by atoms with Crippen molar-refractivity contribution in [2.24, 2.45) is 0 Å². The van der Waals surface area contributed by atoms with Gasteiger partial charge in [0.1, 0.15) is 0 Å². The molecule has 0 radical (unpaired) electrons. The van der Waals surface area contributed by atoms with Gasteiger partial charge in [-0.15, -0.1) is 0 Å². The van der Waals surface area contributed by atoms with Crippen LogP contribution in [0.2, 0.25) is 0 Å². The SMILES string of the molecule is [Ba+2].[O-][CH-]O. The van der Waals surface area contributed by atoms with Gasteiger partial charge in [-0.25, -0.2) is 0 Å². The number of hydrogen-bond acceptors (Lipinski definition) is 2. The molecule has 0 amide bonds. The van der Waals surface area contributed by atoms with E-state index in [1.807, 2.05) is 0 Å². The zero-order valence-corrected chi connectivity index (χ0v) is 6.58. The summed E-state index contributed by atoms with van der Waals surface area (Å²) in [6.45, 7) is -0.250. The Bertz CT molecular complexity index is 6.00. The Morgan fingerprint density at radius 2 is 1.75 bits per heavy atom. The Labute approximate surface area is 64.9 Å². The molecule has 0 aromatic heterocycles. The van der Waals surface area contributed by atoms with Crippen LogP contribution in [0.15, 0.2) is 0 Å². The molecule has 0 spiro atoms. The molecular formula is CH2BaO2.